The first-order valence-electron chi connectivity index (χ1n) is 8.21. The van der Waals surface area contributed by atoms with E-state index in [1.54, 1.807) is 16.4 Å². The molecule has 130 valence electrons. The van der Waals surface area contributed by atoms with Crippen LogP contribution >= 0.6 is 0 Å². The van der Waals surface area contributed by atoms with Crippen molar-refractivity contribution in [1.29, 1.82) is 0 Å². The second-order valence-corrected chi connectivity index (χ2v) is 9.33. The van der Waals surface area contributed by atoms with Gasteiger partial charge in [0.05, 0.1) is 4.90 Å². The Kier molecular flexibility index (Phi) is 5.51. The predicted molar refractivity (Wildman–Crippen MR) is 94.0 cm³/mol. The summed E-state index contributed by atoms with van der Waals surface area (Å²) >= 11 is 0. The molecule has 1 aromatic carbocycles. The number of rotatable bonds is 5. The fraction of sp³-hybridized carbons (Fsp3) is 0.647. The molecule has 0 spiro atoms. The third-order valence-electron chi connectivity index (χ3n) is 4.15. The van der Waals surface area contributed by atoms with Gasteiger partial charge in [0, 0.05) is 38.3 Å². The van der Waals surface area contributed by atoms with E-state index in [9.17, 15) is 8.42 Å². The second-order valence-electron chi connectivity index (χ2n) is 7.39. The number of sulfonamides is 1. The average Bonchev–Trinajstić information content (AvgIpc) is 2.46. The molecular formula is C17H29N3O2S. The van der Waals surface area contributed by atoms with Crippen LogP contribution in [0.25, 0.3) is 0 Å². The topological polar surface area (TPSA) is 66.6 Å². The number of hydrogen-bond acceptors (Lipinski definition) is 4. The molecule has 0 bridgehead atoms. The lowest BCUT2D eigenvalue weighted by atomic mass is 10.0. The van der Waals surface area contributed by atoms with Crippen LogP contribution < -0.4 is 5.73 Å². The molecular weight excluding hydrogens is 310 g/mol. The quantitative estimate of drug-likeness (QED) is 0.889. The summed E-state index contributed by atoms with van der Waals surface area (Å²) in [4.78, 5) is 2.61. The molecule has 5 nitrogen and oxygen atoms in total. The van der Waals surface area contributed by atoms with Gasteiger partial charge in [-0.15, -0.1) is 0 Å². The van der Waals surface area contributed by atoms with Crippen LogP contribution in [0.2, 0.25) is 0 Å². The molecule has 1 aromatic rings. The Morgan fingerprint density at radius 1 is 1.09 bits per heavy atom. The molecule has 2 rings (SSSR count). The highest BCUT2D eigenvalue weighted by atomic mass is 32.2. The van der Waals surface area contributed by atoms with E-state index in [2.05, 4.69) is 18.7 Å². The van der Waals surface area contributed by atoms with E-state index >= 15 is 0 Å². The minimum atomic E-state index is -3.40. The standard InChI is InChI=1S/C17H29N3O2S/c1-14(2)15-5-7-16(8-6-15)23(21,22)20-11-9-19(10-12-20)13-17(3,4)18/h5-8,14H,9-13,18H2,1-4H3. The minimum absolute atomic E-state index is 0.256. The number of piperazine rings is 1. The van der Waals surface area contributed by atoms with E-state index in [0.717, 1.165) is 25.2 Å². The Labute approximate surface area is 140 Å². The maximum absolute atomic E-state index is 12.7. The lowest BCUT2D eigenvalue weighted by Gasteiger charge is -2.37. The van der Waals surface area contributed by atoms with Crippen molar-refractivity contribution in [2.45, 2.75) is 44.0 Å². The van der Waals surface area contributed by atoms with Crippen molar-refractivity contribution >= 4 is 10.0 Å². The summed E-state index contributed by atoms with van der Waals surface area (Å²) in [5, 5.41) is 0. The van der Waals surface area contributed by atoms with E-state index in [-0.39, 0.29) is 5.54 Å². The number of nitrogens with zero attached hydrogens (tertiary/aromatic N) is 2. The van der Waals surface area contributed by atoms with Crippen LogP contribution in [0.15, 0.2) is 29.2 Å². The SMILES string of the molecule is CC(C)c1ccc(S(=O)(=O)N2CCN(CC(C)(C)N)CC2)cc1. The molecule has 0 saturated carbocycles. The first-order chi connectivity index (χ1) is 10.6. The van der Waals surface area contributed by atoms with Gasteiger partial charge in [-0.1, -0.05) is 26.0 Å². The predicted octanol–water partition coefficient (Wildman–Crippen LogP) is 1.85. The Morgan fingerprint density at radius 3 is 2.04 bits per heavy atom. The van der Waals surface area contributed by atoms with Crippen molar-refractivity contribution in [3.8, 4) is 0 Å². The van der Waals surface area contributed by atoms with Crippen molar-refractivity contribution in [3.63, 3.8) is 0 Å². The molecule has 6 heteroatoms. The Hall–Kier alpha value is -0.950. The van der Waals surface area contributed by atoms with Crippen LogP contribution in [-0.2, 0) is 10.0 Å². The number of benzene rings is 1. The van der Waals surface area contributed by atoms with Crippen LogP contribution in [0.3, 0.4) is 0 Å². The molecule has 2 N–H and O–H groups in total. The minimum Gasteiger partial charge on any atom is -0.324 e. The van der Waals surface area contributed by atoms with Gasteiger partial charge in [0.2, 0.25) is 10.0 Å². The van der Waals surface area contributed by atoms with Crippen LogP contribution in [0.5, 0.6) is 0 Å². The summed E-state index contributed by atoms with van der Waals surface area (Å²) in [5.74, 6) is 0.398. The lowest BCUT2D eigenvalue weighted by Crippen LogP contribution is -2.53. The zero-order chi connectivity index (χ0) is 17.3. The maximum atomic E-state index is 12.7. The highest BCUT2D eigenvalue weighted by Crippen LogP contribution is 2.21. The fourth-order valence-electron chi connectivity index (χ4n) is 2.88. The molecule has 0 radical (unpaired) electrons. The van der Waals surface area contributed by atoms with Gasteiger partial charge < -0.3 is 5.73 Å². The number of hydrogen-bond donors (Lipinski definition) is 1. The van der Waals surface area contributed by atoms with Gasteiger partial charge in [-0.05, 0) is 37.5 Å². The Morgan fingerprint density at radius 2 is 1.61 bits per heavy atom. The van der Waals surface area contributed by atoms with E-state index in [4.69, 9.17) is 5.73 Å². The van der Waals surface area contributed by atoms with Gasteiger partial charge in [-0.25, -0.2) is 8.42 Å². The molecule has 0 atom stereocenters. The van der Waals surface area contributed by atoms with E-state index in [0.29, 0.717) is 23.9 Å². The highest BCUT2D eigenvalue weighted by molar-refractivity contribution is 7.89. The largest absolute Gasteiger partial charge is 0.324 e. The summed E-state index contributed by atoms with van der Waals surface area (Å²) in [6, 6.07) is 7.26. The first-order valence-corrected chi connectivity index (χ1v) is 9.65. The third kappa shape index (κ3) is 4.76. The van der Waals surface area contributed by atoms with Gasteiger partial charge in [0.15, 0.2) is 0 Å². The molecule has 0 aromatic heterocycles. The average molecular weight is 340 g/mol. The fourth-order valence-corrected chi connectivity index (χ4v) is 4.30. The van der Waals surface area contributed by atoms with Crippen LogP contribution in [0.1, 0.15) is 39.2 Å². The third-order valence-corrected chi connectivity index (χ3v) is 6.06. The van der Waals surface area contributed by atoms with E-state index in [1.807, 2.05) is 26.0 Å². The Balaban J connectivity index is 2.04. The molecule has 0 amide bonds. The van der Waals surface area contributed by atoms with E-state index < -0.39 is 10.0 Å². The summed E-state index contributed by atoms with van der Waals surface area (Å²) in [6.45, 7) is 11.5. The van der Waals surface area contributed by atoms with Gasteiger partial charge in [0.1, 0.15) is 0 Å². The zero-order valence-corrected chi connectivity index (χ0v) is 15.4. The Bertz CT molecular complexity index is 610. The van der Waals surface area contributed by atoms with Gasteiger partial charge >= 0.3 is 0 Å². The van der Waals surface area contributed by atoms with Crippen LogP contribution in [0.4, 0.5) is 0 Å². The maximum Gasteiger partial charge on any atom is 0.243 e. The highest BCUT2D eigenvalue weighted by Gasteiger charge is 2.29. The summed E-state index contributed by atoms with van der Waals surface area (Å²) in [5.41, 5.74) is 6.94. The molecule has 23 heavy (non-hydrogen) atoms. The van der Waals surface area contributed by atoms with Crippen molar-refractivity contribution in [1.82, 2.24) is 9.21 Å². The molecule has 1 fully saturated rings. The van der Waals surface area contributed by atoms with Crippen molar-refractivity contribution in [2.75, 3.05) is 32.7 Å². The molecule has 1 heterocycles. The summed E-state index contributed by atoms with van der Waals surface area (Å²) < 4.78 is 27.1. The molecule has 0 unspecified atom stereocenters. The van der Waals surface area contributed by atoms with E-state index in [1.165, 1.54) is 0 Å². The monoisotopic (exact) mass is 339 g/mol. The van der Waals surface area contributed by atoms with Crippen LogP contribution in [-0.4, -0.2) is 55.9 Å². The molecule has 1 aliphatic rings. The number of nitrogens with two attached hydrogens (primary N) is 1. The van der Waals surface area contributed by atoms with Gasteiger partial charge in [-0.3, -0.25) is 4.90 Å². The van der Waals surface area contributed by atoms with Gasteiger partial charge in [-0.2, -0.15) is 4.31 Å². The van der Waals surface area contributed by atoms with Crippen molar-refractivity contribution < 1.29 is 8.42 Å². The smallest absolute Gasteiger partial charge is 0.243 e. The van der Waals surface area contributed by atoms with Crippen molar-refractivity contribution in [2.24, 2.45) is 5.73 Å². The lowest BCUT2D eigenvalue weighted by molar-refractivity contribution is 0.162. The van der Waals surface area contributed by atoms with Crippen molar-refractivity contribution in [3.05, 3.63) is 29.8 Å². The van der Waals surface area contributed by atoms with Crippen LogP contribution in [0, 0.1) is 0 Å². The molecule has 0 aliphatic carbocycles. The second kappa shape index (κ2) is 6.89. The summed E-state index contributed by atoms with van der Waals surface area (Å²) in [7, 11) is -3.40. The first kappa shape index (κ1) is 18.4. The summed E-state index contributed by atoms with van der Waals surface area (Å²) in [6.07, 6.45) is 0. The normalized spacial score (nSPS) is 18.5. The molecule has 1 saturated heterocycles. The zero-order valence-electron chi connectivity index (χ0n) is 14.6. The van der Waals surface area contributed by atoms with Gasteiger partial charge in [0.25, 0.3) is 0 Å². The molecule has 1 aliphatic heterocycles.